The molecule has 0 radical (unpaired) electrons. The zero-order chi connectivity index (χ0) is 16.7. The van der Waals surface area contributed by atoms with E-state index in [-0.39, 0.29) is 17.9 Å². The number of halogens is 1. The number of methoxy groups -OCH3 is 1. The van der Waals surface area contributed by atoms with Crippen LogP contribution >= 0.6 is 11.6 Å². The Hall–Kier alpha value is -1.59. The van der Waals surface area contributed by atoms with Crippen LogP contribution in [0.15, 0.2) is 24.3 Å². The van der Waals surface area contributed by atoms with Gasteiger partial charge in [0.15, 0.2) is 0 Å². The van der Waals surface area contributed by atoms with Crippen LogP contribution in [0.4, 0.5) is 5.69 Å². The molecule has 5 nitrogen and oxygen atoms in total. The first kappa shape index (κ1) is 17.8. The standard InChI is InChI=1S/C17H23ClN2O3/c1-23-16(21)7-3-6-15(19-11-12-8-9-12)17(22)20-14-5-2-4-13(18)10-14/h2,4-5,10,12,15,19H,3,6-9,11H2,1H3,(H,20,22). The van der Waals surface area contributed by atoms with Gasteiger partial charge in [-0.05, 0) is 56.3 Å². The van der Waals surface area contributed by atoms with Gasteiger partial charge in [0, 0.05) is 17.1 Å². The summed E-state index contributed by atoms with van der Waals surface area (Å²) in [5.41, 5.74) is 0.675. The lowest BCUT2D eigenvalue weighted by atomic mass is 10.1. The number of ether oxygens (including phenoxy) is 1. The van der Waals surface area contributed by atoms with Gasteiger partial charge in [0.2, 0.25) is 5.91 Å². The molecule has 0 heterocycles. The molecular formula is C17H23ClN2O3. The molecule has 23 heavy (non-hydrogen) atoms. The molecule has 0 aliphatic heterocycles. The minimum absolute atomic E-state index is 0.0993. The van der Waals surface area contributed by atoms with E-state index in [1.54, 1.807) is 24.3 Å². The minimum Gasteiger partial charge on any atom is -0.469 e. The van der Waals surface area contributed by atoms with E-state index in [4.69, 9.17) is 11.6 Å². The van der Waals surface area contributed by atoms with Crippen LogP contribution < -0.4 is 10.6 Å². The van der Waals surface area contributed by atoms with E-state index in [1.807, 2.05) is 0 Å². The number of nitrogens with one attached hydrogen (secondary N) is 2. The van der Waals surface area contributed by atoms with Crippen molar-refractivity contribution in [3.63, 3.8) is 0 Å². The maximum absolute atomic E-state index is 12.5. The monoisotopic (exact) mass is 338 g/mol. The average Bonchev–Trinajstić information content (AvgIpc) is 3.34. The largest absolute Gasteiger partial charge is 0.469 e. The molecule has 2 N–H and O–H groups in total. The highest BCUT2D eigenvalue weighted by Gasteiger charge is 2.25. The Labute approximate surface area is 141 Å². The first-order valence-corrected chi connectivity index (χ1v) is 8.33. The molecule has 6 heteroatoms. The summed E-state index contributed by atoms with van der Waals surface area (Å²) in [6.45, 7) is 0.839. The summed E-state index contributed by atoms with van der Waals surface area (Å²) in [7, 11) is 1.37. The lowest BCUT2D eigenvalue weighted by Crippen LogP contribution is -2.41. The normalized spacial score (nSPS) is 15.0. The van der Waals surface area contributed by atoms with E-state index in [9.17, 15) is 9.59 Å². The van der Waals surface area contributed by atoms with Gasteiger partial charge in [0.1, 0.15) is 0 Å². The first-order chi connectivity index (χ1) is 11.1. The van der Waals surface area contributed by atoms with Crippen molar-refractivity contribution in [1.82, 2.24) is 5.32 Å². The highest BCUT2D eigenvalue weighted by atomic mass is 35.5. The van der Waals surface area contributed by atoms with Gasteiger partial charge in [-0.1, -0.05) is 17.7 Å². The fraction of sp³-hybridized carbons (Fsp3) is 0.529. The number of hydrogen-bond acceptors (Lipinski definition) is 4. The van der Waals surface area contributed by atoms with Crippen molar-refractivity contribution in [3.8, 4) is 0 Å². The second-order valence-corrected chi connectivity index (χ2v) is 6.31. The molecule has 1 aromatic carbocycles. The van der Waals surface area contributed by atoms with Crippen LogP contribution in [0, 0.1) is 5.92 Å². The molecule has 1 fully saturated rings. The molecule has 0 spiro atoms. The van der Waals surface area contributed by atoms with Gasteiger partial charge in [0.05, 0.1) is 13.2 Å². The van der Waals surface area contributed by atoms with E-state index in [2.05, 4.69) is 15.4 Å². The molecule has 1 saturated carbocycles. The zero-order valence-corrected chi connectivity index (χ0v) is 14.1. The maximum Gasteiger partial charge on any atom is 0.305 e. The fourth-order valence-electron chi connectivity index (χ4n) is 2.30. The van der Waals surface area contributed by atoms with Crippen LogP contribution in [0.25, 0.3) is 0 Å². The Kier molecular flexibility index (Phi) is 6.86. The van der Waals surface area contributed by atoms with Gasteiger partial charge < -0.3 is 15.4 Å². The van der Waals surface area contributed by atoms with E-state index in [1.165, 1.54) is 20.0 Å². The predicted octanol–water partition coefficient (Wildman–Crippen LogP) is 2.99. The number of carbonyl (C=O) groups is 2. The Balaban J connectivity index is 1.87. The number of esters is 1. The number of carbonyl (C=O) groups excluding carboxylic acids is 2. The summed E-state index contributed by atoms with van der Waals surface area (Å²) in [5.74, 6) is 0.330. The van der Waals surface area contributed by atoms with Crippen LogP contribution in [0.1, 0.15) is 32.1 Å². The summed E-state index contributed by atoms with van der Waals surface area (Å²) in [5, 5.41) is 6.77. The molecule has 1 amide bonds. The van der Waals surface area contributed by atoms with Crippen LogP contribution in [0.2, 0.25) is 5.02 Å². The van der Waals surface area contributed by atoms with Crippen molar-refractivity contribution < 1.29 is 14.3 Å². The second kappa shape index (κ2) is 8.89. The number of benzene rings is 1. The topological polar surface area (TPSA) is 67.4 Å². The molecule has 0 aromatic heterocycles. The number of hydrogen-bond donors (Lipinski definition) is 2. The molecule has 0 saturated heterocycles. The van der Waals surface area contributed by atoms with Crippen molar-refractivity contribution in [2.45, 2.75) is 38.1 Å². The zero-order valence-electron chi connectivity index (χ0n) is 13.3. The summed E-state index contributed by atoms with van der Waals surface area (Å²) in [6, 6.07) is 6.75. The van der Waals surface area contributed by atoms with Crippen LogP contribution in [-0.2, 0) is 14.3 Å². The van der Waals surface area contributed by atoms with Gasteiger partial charge in [-0.15, -0.1) is 0 Å². The first-order valence-electron chi connectivity index (χ1n) is 7.95. The highest BCUT2D eigenvalue weighted by molar-refractivity contribution is 6.30. The Morgan fingerprint density at radius 2 is 2.17 bits per heavy atom. The average molecular weight is 339 g/mol. The lowest BCUT2D eigenvalue weighted by Gasteiger charge is -2.18. The Morgan fingerprint density at radius 1 is 1.39 bits per heavy atom. The quantitative estimate of drug-likeness (QED) is 0.679. The predicted molar refractivity (Wildman–Crippen MR) is 90.5 cm³/mol. The molecule has 0 bridgehead atoms. The molecule has 1 atom stereocenters. The van der Waals surface area contributed by atoms with Crippen molar-refractivity contribution >= 4 is 29.2 Å². The molecule has 126 valence electrons. The second-order valence-electron chi connectivity index (χ2n) is 5.87. The smallest absolute Gasteiger partial charge is 0.305 e. The van der Waals surface area contributed by atoms with E-state index < -0.39 is 0 Å². The molecule has 1 aliphatic rings. The van der Waals surface area contributed by atoms with Gasteiger partial charge >= 0.3 is 5.97 Å². The molecule has 1 unspecified atom stereocenters. The van der Waals surface area contributed by atoms with Crippen molar-refractivity contribution in [2.24, 2.45) is 5.92 Å². The molecule has 1 aromatic rings. The van der Waals surface area contributed by atoms with Gasteiger partial charge in [-0.2, -0.15) is 0 Å². The van der Waals surface area contributed by atoms with Crippen molar-refractivity contribution in [1.29, 1.82) is 0 Å². The Morgan fingerprint density at radius 3 is 2.83 bits per heavy atom. The van der Waals surface area contributed by atoms with E-state index in [0.29, 0.717) is 35.9 Å². The van der Waals surface area contributed by atoms with Crippen LogP contribution in [-0.4, -0.2) is 31.6 Å². The molecule has 2 rings (SSSR count). The summed E-state index contributed by atoms with van der Waals surface area (Å²) in [6.07, 6.45) is 3.96. The number of rotatable bonds is 9. The molecular weight excluding hydrogens is 316 g/mol. The minimum atomic E-state index is -0.320. The summed E-state index contributed by atoms with van der Waals surface area (Å²) in [4.78, 5) is 23.7. The van der Waals surface area contributed by atoms with Gasteiger partial charge in [0.25, 0.3) is 0 Å². The molecule has 1 aliphatic carbocycles. The van der Waals surface area contributed by atoms with Crippen LogP contribution in [0.3, 0.4) is 0 Å². The third kappa shape index (κ3) is 6.59. The van der Waals surface area contributed by atoms with E-state index >= 15 is 0 Å². The highest BCUT2D eigenvalue weighted by Crippen LogP contribution is 2.28. The summed E-state index contributed by atoms with van der Waals surface area (Å²) >= 11 is 5.93. The van der Waals surface area contributed by atoms with Crippen LogP contribution in [0.5, 0.6) is 0 Å². The maximum atomic E-state index is 12.5. The SMILES string of the molecule is COC(=O)CCCC(NCC1CC1)C(=O)Nc1cccc(Cl)c1. The van der Waals surface area contributed by atoms with Crippen molar-refractivity contribution in [3.05, 3.63) is 29.3 Å². The number of amides is 1. The lowest BCUT2D eigenvalue weighted by molar-refractivity contribution is -0.140. The van der Waals surface area contributed by atoms with Gasteiger partial charge in [-0.3, -0.25) is 9.59 Å². The summed E-state index contributed by atoms with van der Waals surface area (Å²) < 4.78 is 4.63. The van der Waals surface area contributed by atoms with Gasteiger partial charge in [-0.25, -0.2) is 0 Å². The van der Waals surface area contributed by atoms with Crippen molar-refractivity contribution in [2.75, 3.05) is 19.0 Å². The third-order valence-electron chi connectivity index (χ3n) is 3.86. The fourth-order valence-corrected chi connectivity index (χ4v) is 2.50. The Bertz CT molecular complexity index is 546. The van der Waals surface area contributed by atoms with E-state index in [0.717, 1.165) is 6.54 Å². The number of anilines is 1. The third-order valence-corrected chi connectivity index (χ3v) is 4.09.